The van der Waals surface area contributed by atoms with Crippen molar-refractivity contribution in [1.82, 2.24) is 4.37 Å². The van der Waals surface area contributed by atoms with Gasteiger partial charge in [-0.25, -0.2) is 4.79 Å². The molecule has 0 saturated carbocycles. The summed E-state index contributed by atoms with van der Waals surface area (Å²) in [7, 11) is 0. The van der Waals surface area contributed by atoms with Crippen LogP contribution < -0.4 is 51.4 Å². The molecule has 0 aromatic carbocycles. The maximum absolute atomic E-state index is 10.3. The third-order valence-corrected chi connectivity index (χ3v) is 2.58. The van der Waals surface area contributed by atoms with Gasteiger partial charge in [0.15, 0.2) is 10.0 Å². The molecular weight excluding hydrogens is 236 g/mol. The second kappa shape index (κ2) is 5.13. The number of nitrogens with zero attached hydrogens (tertiary/aromatic N) is 1. The predicted molar refractivity (Wildman–Crippen MR) is 40.2 cm³/mol. The fourth-order valence-electron chi connectivity index (χ4n) is 0.392. The van der Waals surface area contributed by atoms with Crippen LogP contribution in [0.4, 0.5) is 0 Å². The van der Waals surface area contributed by atoms with Crippen LogP contribution in [-0.2, 0) is 0 Å². The van der Waals surface area contributed by atoms with Crippen molar-refractivity contribution >= 4 is 40.7 Å². The Bertz CT molecular complexity index is 282. The summed E-state index contributed by atoms with van der Waals surface area (Å²) < 4.78 is 3.53. The van der Waals surface area contributed by atoms with Crippen molar-refractivity contribution in [2.45, 2.75) is 0 Å². The van der Waals surface area contributed by atoms with Gasteiger partial charge in [0.25, 0.3) is 0 Å². The number of hydrogen-bond acceptors (Lipinski definition) is 3. The minimum absolute atomic E-state index is 0. The van der Waals surface area contributed by atoms with E-state index in [2.05, 4.69) is 4.37 Å². The van der Waals surface area contributed by atoms with E-state index in [1.807, 2.05) is 0 Å². The van der Waals surface area contributed by atoms with Gasteiger partial charge in [-0.1, -0.05) is 23.2 Å². The van der Waals surface area contributed by atoms with Crippen LogP contribution in [0.1, 0.15) is 11.1 Å². The Balaban J connectivity index is 0. The van der Waals surface area contributed by atoms with Gasteiger partial charge in [0.05, 0.1) is 0 Å². The van der Waals surface area contributed by atoms with E-state index in [1.165, 1.54) is 0 Å². The van der Waals surface area contributed by atoms with Gasteiger partial charge in [0.1, 0.15) is 5.02 Å². The number of carbonyl (C=O) groups is 1. The normalized spacial score (nSPS) is 8.91. The Morgan fingerprint density at radius 2 is 2.18 bits per heavy atom. The molecule has 11 heavy (non-hydrogen) atoms. The van der Waals surface area contributed by atoms with Crippen molar-refractivity contribution < 1.29 is 62.7 Å². The summed E-state index contributed by atoms with van der Waals surface area (Å²) in [5.41, 5.74) is 0. The Morgan fingerprint density at radius 3 is 2.36 bits per heavy atom. The first-order chi connectivity index (χ1) is 4.63. The molecular formula is C4H2Cl2KNO2S. The van der Waals surface area contributed by atoms with Crippen LogP contribution in [-0.4, -0.2) is 15.4 Å². The molecule has 0 radical (unpaired) electrons. The first kappa shape index (κ1) is 12.3. The van der Waals surface area contributed by atoms with Crippen LogP contribution in [0.2, 0.25) is 10.2 Å². The largest absolute Gasteiger partial charge is 1.00 e. The summed E-state index contributed by atoms with van der Waals surface area (Å²) in [6, 6.07) is 0. The molecule has 0 aliphatic carbocycles. The predicted octanol–water partition coefficient (Wildman–Crippen LogP) is -0.735. The van der Waals surface area contributed by atoms with E-state index in [0.717, 1.165) is 11.5 Å². The summed E-state index contributed by atoms with van der Waals surface area (Å²) in [5, 5.41) is 8.46. The van der Waals surface area contributed by atoms with Gasteiger partial charge in [-0.3, -0.25) is 0 Å². The Kier molecular flexibility index (Phi) is 5.75. The molecule has 56 valence electrons. The summed E-state index contributed by atoms with van der Waals surface area (Å²) in [5.74, 6) is -1.10. The minimum Gasteiger partial charge on any atom is -1.00 e. The zero-order valence-electron chi connectivity index (χ0n) is 6.47. The average molecular weight is 238 g/mol. The molecule has 0 atom stereocenters. The van der Waals surface area contributed by atoms with Crippen LogP contribution in [0.3, 0.4) is 0 Å². The van der Waals surface area contributed by atoms with E-state index in [4.69, 9.17) is 28.3 Å². The van der Waals surface area contributed by atoms with Gasteiger partial charge in [-0.15, -0.1) is 0 Å². The smallest absolute Gasteiger partial charge is 1.00 e. The molecule has 0 aliphatic rings. The van der Waals surface area contributed by atoms with Crippen LogP contribution in [0.25, 0.3) is 0 Å². The number of rotatable bonds is 1. The molecule has 0 spiro atoms. The summed E-state index contributed by atoms with van der Waals surface area (Å²) in [6.07, 6.45) is 0. The molecule has 1 aromatic heterocycles. The maximum atomic E-state index is 10.3. The van der Waals surface area contributed by atoms with Crippen molar-refractivity contribution in [3.05, 3.63) is 15.1 Å². The van der Waals surface area contributed by atoms with E-state index >= 15 is 0 Å². The van der Waals surface area contributed by atoms with Crippen molar-refractivity contribution in [2.75, 3.05) is 0 Å². The zero-order valence-corrected chi connectivity index (χ0v) is 10.9. The second-order valence-electron chi connectivity index (χ2n) is 1.42. The standard InChI is InChI=1S/C4HCl2NO2S.K.H/c5-1-2(4(8)9)10-7-3(1)6;;/h(H,8,9);;/q;+1;-1. The van der Waals surface area contributed by atoms with Gasteiger partial charge in [-0.2, -0.15) is 4.37 Å². The first-order valence-electron chi connectivity index (χ1n) is 2.17. The van der Waals surface area contributed by atoms with Crippen molar-refractivity contribution in [3.63, 3.8) is 0 Å². The number of carboxylic acids is 1. The topological polar surface area (TPSA) is 50.2 Å². The quantitative estimate of drug-likeness (QED) is 0.656. The molecule has 0 aliphatic heterocycles. The molecule has 0 unspecified atom stereocenters. The molecule has 0 bridgehead atoms. The summed E-state index contributed by atoms with van der Waals surface area (Å²) in [6.45, 7) is 0. The van der Waals surface area contributed by atoms with E-state index in [-0.39, 0.29) is 67.9 Å². The zero-order chi connectivity index (χ0) is 7.72. The first-order valence-corrected chi connectivity index (χ1v) is 3.70. The SMILES string of the molecule is O=C(O)c1snc(Cl)c1Cl.[H-].[K+]. The molecule has 3 nitrogen and oxygen atoms in total. The third kappa shape index (κ3) is 2.93. The van der Waals surface area contributed by atoms with Crippen LogP contribution in [0.15, 0.2) is 0 Å². The molecule has 7 heteroatoms. The van der Waals surface area contributed by atoms with Crippen LogP contribution in [0.5, 0.6) is 0 Å². The van der Waals surface area contributed by atoms with Crippen molar-refractivity contribution in [3.8, 4) is 0 Å². The van der Waals surface area contributed by atoms with Gasteiger partial charge in [0, 0.05) is 0 Å². The average Bonchev–Trinajstić information content (AvgIpc) is 2.14. The third-order valence-electron chi connectivity index (χ3n) is 0.792. The Hall–Kier alpha value is 1.32. The van der Waals surface area contributed by atoms with Crippen LogP contribution >= 0.6 is 34.7 Å². The van der Waals surface area contributed by atoms with E-state index in [0.29, 0.717) is 0 Å². The number of carboxylic acid groups (broad SMARTS) is 1. The Morgan fingerprint density at radius 1 is 1.64 bits per heavy atom. The number of halogens is 2. The molecule has 0 amide bonds. The molecule has 1 N–H and O–H groups in total. The fraction of sp³-hybridized carbons (Fsp3) is 0. The van der Waals surface area contributed by atoms with Gasteiger partial charge >= 0.3 is 57.4 Å². The monoisotopic (exact) mass is 237 g/mol. The molecule has 0 fully saturated rings. The fourth-order valence-corrected chi connectivity index (χ4v) is 1.44. The van der Waals surface area contributed by atoms with Crippen LogP contribution in [0, 0.1) is 0 Å². The minimum atomic E-state index is -1.10. The van der Waals surface area contributed by atoms with Crippen molar-refractivity contribution in [1.29, 1.82) is 0 Å². The molecule has 1 rings (SSSR count). The number of hydrogen-bond donors (Lipinski definition) is 1. The van der Waals surface area contributed by atoms with Crippen molar-refractivity contribution in [2.24, 2.45) is 0 Å². The number of aromatic nitrogens is 1. The molecule has 1 heterocycles. The van der Waals surface area contributed by atoms with E-state index in [1.54, 1.807) is 0 Å². The molecule has 1 aromatic rings. The molecule has 0 saturated heterocycles. The van der Waals surface area contributed by atoms with E-state index in [9.17, 15) is 4.79 Å². The summed E-state index contributed by atoms with van der Waals surface area (Å²) >= 11 is 11.6. The van der Waals surface area contributed by atoms with E-state index < -0.39 is 5.97 Å². The van der Waals surface area contributed by atoms with Gasteiger partial charge in [0.2, 0.25) is 0 Å². The second-order valence-corrected chi connectivity index (χ2v) is 2.93. The summed E-state index contributed by atoms with van der Waals surface area (Å²) in [4.78, 5) is 10.2. The van der Waals surface area contributed by atoms with Gasteiger partial charge in [-0.05, 0) is 11.5 Å². The maximum Gasteiger partial charge on any atom is 1.00 e. The number of aromatic carboxylic acids is 1. The van der Waals surface area contributed by atoms with Gasteiger partial charge < -0.3 is 6.53 Å². The Labute approximate surface area is 121 Å².